The third-order valence-electron chi connectivity index (χ3n) is 2.71. The van der Waals surface area contributed by atoms with Crippen LogP contribution in [0.2, 0.25) is 0 Å². The second kappa shape index (κ2) is 8.54. The van der Waals surface area contributed by atoms with E-state index in [0.717, 1.165) is 37.0 Å². The van der Waals surface area contributed by atoms with Crippen LogP contribution in [0.1, 0.15) is 26.7 Å². The molecular formula is C11H26Cl2N2O. The van der Waals surface area contributed by atoms with Crippen LogP contribution in [0, 0.1) is 0 Å². The van der Waals surface area contributed by atoms with Crippen LogP contribution in [0.4, 0.5) is 0 Å². The summed E-state index contributed by atoms with van der Waals surface area (Å²) in [6.45, 7) is 7.35. The molecule has 0 saturated carbocycles. The smallest absolute Gasteiger partial charge is 0.0804 e. The molecule has 0 aromatic heterocycles. The molecule has 0 amide bonds. The molecule has 0 aliphatic heterocycles. The number of quaternary nitrogens is 1. The predicted molar refractivity (Wildman–Crippen MR) is 66.0 cm³/mol. The summed E-state index contributed by atoms with van der Waals surface area (Å²) in [5.41, 5.74) is 0.0122. The molecular weight excluding hydrogens is 247 g/mol. The van der Waals surface area contributed by atoms with Gasteiger partial charge in [0, 0.05) is 25.5 Å². The van der Waals surface area contributed by atoms with E-state index in [9.17, 15) is 0 Å². The Balaban J connectivity index is 0. The van der Waals surface area contributed by atoms with E-state index in [0.29, 0.717) is 0 Å². The minimum absolute atomic E-state index is 0. The molecule has 0 rings (SSSR count). The van der Waals surface area contributed by atoms with Crippen molar-refractivity contribution in [1.29, 1.82) is 0 Å². The molecule has 3 nitrogen and oxygen atoms in total. The maximum Gasteiger partial charge on any atom is 0.0804 e. The second-order valence-electron chi connectivity index (χ2n) is 5.46. The molecule has 0 aromatic rings. The van der Waals surface area contributed by atoms with E-state index in [1.165, 1.54) is 0 Å². The number of hydrogen-bond acceptors (Lipinski definition) is 2. The zero-order valence-electron chi connectivity index (χ0n) is 11.1. The van der Waals surface area contributed by atoms with Crippen LogP contribution < -0.4 is 17.2 Å². The van der Waals surface area contributed by atoms with E-state index in [1.54, 1.807) is 7.11 Å². The molecule has 0 radical (unpaired) electrons. The van der Waals surface area contributed by atoms with Crippen molar-refractivity contribution in [2.45, 2.75) is 32.2 Å². The molecule has 0 spiro atoms. The van der Waals surface area contributed by atoms with Gasteiger partial charge in [0.15, 0.2) is 0 Å². The first kappa shape index (κ1) is 18.8. The molecule has 0 saturated heterocycles. The van der Waals surface area contributed by atoms with Gasteiger partial charge in [0.1, 0.15) is 0 Å². The summed E-state index contributed by atoms with van der Waals surface area (Å²) in [4.78, 5) is 2.82. The maximum atomic E-state index is 5.67. The standard InChI is InChI=1S/C11H26ClN2O.ClH/c1-11(2,13-12)7-9-14(3,4)8-6-10-15-5;/h13H,6-10H2,1-5H3;1H/q+1;/p-1. The van der Waals surface area contributed by atoms with Crippen LogP contribution in [0.25, 0.3) is 0 Å². The van der Waals surface area contributed by atoms with Gasteiger partial charge in [0.25, 0.3) is 0 Å². The molecule has 1 N–H and O–H groups in total. The quantitative estimate of drug-likeness (QED) is 0.348. The van der Waals surface area contributed by atoms with E-state index in [2.05, 4.69) is 32.8 Å². The van der Waals surface area contributed by atoms with Crippen LogP contribution >= 0.6 is 11.8 Å². The summed E-state index contributed by atoms with van der Waals surface area (Å²) >= 11 is 5.67. The molecule has 0 unspecified atom stereocenters. The lowest BCUT2D eigenvalue weighted by Gasteiger charge is -2.33. The number of nitrogens with zero attached hydrogens (tertiary/aromatic N) is 1. The lowest BCUT2D eigenvalue weighted by Crippen LogP contribution is -3.00. The molecule has 0 fully saturated rings. The van der Waals surface area contributed by atoms with Crippen LogP contribution in [0.5, 0.6) is 0 Å². The van der Waals surface area contributed by atoms with Gasteiger partial charge in [-0.15, -0.1) is 0 Å². The number of hydrogen-bond donors (Lipinski definition) is 1. The fourth-order valence-electron chi connectivity index (χ4n) is 1.38. The van der Waals surface area contributed by atoms with Crippen LogP contribution in [0.3, 0.4) is 0 Å². The highest BCUT2D eigenvalue weighted by molar-refractivity contribution is 6.13. The maximum absolute atomic E-state index is 5.67. The minimum Gasteiger partial charge on any atom is -1.00 e. The molecule has 100 valence electrons. The SMILES string of the molecule is COCCC[N+](C)(C)CCC(C)(C)NCl.[Cl-]. The van der Waals surface area contributed by atoms with Gasteiger partial charge in [-0.3, -0.25) is 0 Å². The van der Waals surface area contributed by atoms with Gasteiger partial charge in [-0.2, -0.15) is 0 Å². The van der Waals surface area contributed by atoms with Gasteiger partial charge >= 0.3 is 0 Å². The second-order valence-corrected chi connectivity index (χ2v) is 5.65. The summed E-state index contributed by atoms with van der Waals surface area (Å²) in [5, 5.41) is 0. The number of rotatable bonds is 8. The first-order valence-electron chi connectivity index (χ1n) is 5.52. The highest BCUT2D eigenvalue weighted by Gasteiger charge is 2.22. The van der Waals surface area contributed by atoms with E-state index in [1.807, 2.05) is 0 Å². The first-order valence-corrected chi connectivity index (χ1v) is 5.89. The van der Waals surface area contributed by atoms with Crippen LogP contribution in [0.15, 0.2) is 0 Å². The van der Waals surface area contributed by atoms with Crippen LogP contribution in [-0.2, 0) is 4.74 Å². The number of nitrogens with one attached hydrogen (secondary N) is 1. The van der Waals surface area contributed by atoms with Crippen molar-refractivity contribution in [3.05, 3.63) is 0 Å². The van der Waals surface area contributed by atoms with E-state index in [4.69, 9.17) is 16.5 Å². The molecule has 5 heteroatoms. The summed E-state index contributed by atoms with van der Waals surface area (Å²) in [7, 11) is 6.25. The van der Waals surface area contributed by atoms with Crippen LogP contribution in [-0.4, -0.2) is 50.9 Å². The molecule has 0 aliphatic carbocycles. The van der Waals surface area contributed by atoms with E-state index >= 15 is 0 Å². The van der Waals surface area contributed by atoms with Gasteiger partial charge in [-0.05, 0) is 25.6 Å². The summed E-state index contributed by atoms with van der Waals surface area (Å²) in [5.74, 6) is 0. The lowest BCUT2D eigenvalue weighted by atomic mass is 10.0. The highest BCUT2D eigenvalue weighted by Crippen LogP contribution is 2.12. The molecule has 0 bridgehead atoms. The third-order valence-corrected chi connectivity index (χ3v) is 3.22. The van der Waals surface area contributed by atoms with Crippen molar-refractivity contribution in [2.24, 2.45) is 0 Å². The summed E-state index contributed by atoms with van der Waals surface area (Å²) in [6.07, 6.45) is 2.18. The highest BCUT2D eigenvalue weighted by atomic mass is 35.5. The molecule has 16 heavy (non-hydrogen) atoms. The van der Waals surface area contributed by atoms with E-state index < -0.39 is 0 Å². The van der Waals surface area contributed by atoms with Crippen molar-refractivity contribution in [1.82, 2.24) is 4.84 Å². The van der Waals surface area contributed by atoms with Gasteiger partial charge in [0.05, 0.1) is 33.8 Å². The van der Waals surface area contributed by atoms with Gasteiger partial charge in [-0.1, -0.05) is 0 Å². The van der Waals surface area contributed by atoms with Crippen molar-refractivity contribution in [3.63, 3.8) is 0 Å². The Morgan fingerprint density at radius 1 is 1.25 bits per heavy atom. The fourth-order valence-corrected chi connectivity index (χ4v) is 1.47. The summed E-state index contributed by atoms with van der Waals surface area (Å²) in [6, 6.07) is 0. The largest absolute Gasteiger partial charge is 1.00 e. The first-order chi connectivity index (χ1) is 6.83. The lowest BCUT2D eigenvalue weighted by molar-refractivity contribution is -0.891. The normalized spacial score (nSPS) is 12.4. The Morgan fingerprint density at radius 2 is 1.81 bits per heavy atom. The Hall–Kier alpha value is 0.460. The Bertz CT molecular complexity index is 175. The van der Waals surface area contributed by atoms with E-state index in [-0.39, 0.29) is 17.9 Å². The Morgan fingerprint density at radius 3 is 2.25 bits per heavy atom. The minimum atomic E-state index is 0. The molecule has 0 aromatic carbocycles. The topological polar surface area (TPSA) is 21.3 Å². The number of halogens is 2. The van der Waals surface area contributed by atoms with Crippen molar-refractivity contribution in [3.8, 4) is 0 Å². The molecule has 0 atom stereocenters. The van der Waals surface area contributed by atoms with Gasteiger partial charge in [-0.25, -0.2) is 4.84 Å². The predicted octanol–water partition coefficient (Wildman–Crippen LogP) is -0.985. The van der Waals surface area contributed by atoms with Crippen molar-refractivity contribution in [2.75, 3.05) is 40.9 Å². The summed E-state index contributed by atoms with van der Waals surface area (Å²) < 4.78 is 6.08. The zero-order valence-corrected chi connectivity index (χ0v) is 12.7. The number of methoxy groups -OCH3 is 1. The number of ether oxygens (including phenoxy) is 1. The van der Waals surface area contributed by atoms with Crippen molar-refractivity contribution < 1.29 is 21.6 Å². The van der Waals surface area contributed by atoms with Crippen molar-refractivity contribution >= 4 is 11.8 Å². The molecule has 0 aliphatic rings. The molecule has 0 heterocycles. The Kier molecular flexibility index (Phi) is 10.0. The van der Waals surface area contributed by atoms with Gasteiger partial charge in [0.2, 0.25) is 0 Å². The average Bonchev–Trinajstić information content (AvgIpc) is 2.16. The third kappa shape index (κ3) is 9.67. The Labute approximate surface area is 112 Å². The fraction of sp³-hybridized carbons (Fsp3) is 1.00. The van der Waals surface area contributed by atoms with Gasteiger partial charge < -0.3 is 21.6 Å². The monoisotopic (exact) mass is 272 g/mol. The zero-order chi connectivity index (χ0) is 11.9. The average molecular weight is 273 g/mol.